The van der Waals surface area contributed by atoms with Crippen LogP contribution in [0.1, 0.15) is 35.2 Å². The van der Waals surface area contributed by atoms with Gasteiger partial charge in [0.15, 0.2) is 0 Å². The van der Waals surface area contributed by atoms with Crippen molar-refractivity contribution < 1.29 is 28.9 Å². The van der Waals surface area contributed by atoms with Gasteiger partial charge in [-0.15, -0.1) is 0 Å². The van der Waals surface area contributed by atoms with Gasteiger partial charge in [-0.3, -0.25) is 9.69 Å². The number of benzene rings is 1. The number of carbonyl (C=O) groups is 2. The Hall–Kier alpha value is -2.58. The summed E-state index contributed by atoms with van der Waals surface area (Å²) in [6.45, 7) is 8.41. The highest BCUT2D eigenvalue weighted by atomic mass is 16.6. The van der Waals surface area contributed by atoms with Crippen molar-refractivity contribution in [1.82, 2.24) is 4.90 Å². The summed E-state index contributed by atoms with van der Waals surface area (Å²) in [5.74, 6) is 0.261. The van der Waals surface area contributed by atoms with E-state index < -0.39 is 30.2 Å². The van der Waals surface area contributed by atoms with E-state index in [1.165, 1.54) is 17.9 Å². The molecule has 1 aromatic carbocycles. The van der Waals surface area contributed by atoms with E-state index in [-0.39, 0.29) is 19.8 Å². The standard InChI is InChI=1S/C21H30N2O6/c1-6-7-28-21(26)23-16(11-29-14(4)25)9-15-8-12(2)20(27-5)13(3)18(15)19(23)17(22)10-24/h6,8,16-17,19,24H,1,7,9-11,22H2,2-5H3. The molecule has 0 aliphatic carbocycles. The number of hydrogen-bond donors (Lipinski definition) is 2. The first-order valence-electron chi connectivity index (χ1n) is 9.49. The van der Waals surface area contributed by atoms with Gasteiger partial charge in [-0.2, -0.15) is 0 Å². The third-order valence-electron chi connectivity index (χ3n) is 5.12. The summed E-state index contributed by atoms with van der Waals surface area (Å²) in [7, 11) is 1.59. The zero-order valence-electron chi connectivity index (χ0n) is 17.4. The van der Waals surface area contributed by atoms with Crippen LogP contribution < -0.4 is 10.5 Å². The second-order valence-corrected chi connectivity index (χ2v) is 7.15. The summed E-state index contributed by atoms with van der Waals surface area (Å²) in [6.07, 6.45) is 1.31. The molecule has 3 atom stereocenters. The molecule has 0 bridgehead atoms. The fraction of sp³-hybridized carbons (Fsp3) is 0.524. The highest BCUT2D eigenvalue weighted by Crippen LogP contribution is 2.42. The van der Waals surface area contributed by atoms with Crippen molar-refractivity contribution in [3.8, 4) is 5.75 Å². The lowest BCUT2D eigenvalue weighted by molar-refractivity contribution is -0.143. The van der Waals surface area contributed by atoms with E-state index >= 15 is 0 Å². The molecule has 2 rings (SSSR count). The Bertz CT molecular complexity index is 779. The Labute approximate surface area is 171 Å². The van der Waals surface area contributed by atoms with E-state index in [9.17, 15) is 14.7 Å². The normalized spacial score (nSPS) is 19.2. The molecule has 0 spiro atoms. The van der Waals surface area contributed by atoms with E-state index in [0.717, 1.165) is 22.3 Å². The quantitative estimate of drug-likeness (QED) is 0.524. The van der Waals surface area contributed by atoms with Gasteiger partial charge in [-0.25, -0.2) is 4.79 Å². The van der Waals surface area contributed by atoms with Crippen molar-refractivity contribution in [2.24, 2.45) is 5.73 Å². The van der Waals surface area contributed by atoms with Crippen LogP contribution in [0.3, 0.4) is 0 Å². The zero-order valence-corrected chi connectivity index (χ0v) is 17.4. The van der Waals surface area contributed by atoms with E-state index in [2.05, 4.69) is 6.58 Å². The van der Waals surface area contributed by atoms with Crippen LogP contribution in [0, 0.1) is 13.8 Å². The molecule has 0 aromatic heterocycles. The number of amides is 1. The number of esters is 1. The number of ether oxygens (including phenoxy) is 3. The van der Waals surface area contributed by atoms with Gasteiger partial charge in [-0.05, 0) is 42.5 Å². The molecule has 8 nitrogen and oxygen atoms in total. The lowest BCUT2D eigenvalue weighted by Gasteiger charge is -2.45. The molecule has 0 radical (unpaired) electrons. The number of nitrogens with two attached hydrogens (primary N) is 1. The molecule has 0 saturated carbocycles. The van der Waals surface area contributed by atoms with Crippen molar-refractivity contribution in [3.05, 3.63) is 41.0 Å². The maximum Gasteiger partial charge on any atom is 0.411 e. The summed E-state index contributed by atoms with van der Waals surface area (Å²) in [5, 5.41) is 9.83. The Morgan fingerprint density at radius 3 is 2.66 bits per heavy atom. The van der Waals surface area contributed by atoms with Gasteiger partial charge < -0.3 is 25.1 Å². The number of carbonyl (C=O) groups excluding carboxylic acids is 2. The van der Waals surface area contributed by atoms with E-state index in [0.29, 0.717) is 12.2 Å². The molecule has 1 aliphatic heterocycles. The monoisotopic (exact) mass is 406 g/mol. The van der Waals surface area contributed by atoms with Gasteiger partial charge in [0, 0.05) is 6.92 Å². The second kappa shape index (κ2) is 9.76. The maximum absolute atomic E-state index is 12.9. The highest BCUT2D eigenvalue weighted by molar-refractivity contribution is 5.71. The molecule has 8 heteroatoms. The molecule has 1 aliphatic rings. The van der Waals surface area contributed by atoms with Crippen LogP contribution in [0.2, 0.25) is 0 Å². The van der Waals surface area contributed by atoms with Crippen LogP contribution in [0.5, 0.6) is 5.75 Å². The summed E-state index contributed by atoms with van der Waals surface area (Å²) in [5.41, 5.74) is 9.87. The van der Waals surface area contributed by atoms with Crippen molar-refractivity contribution in [2.75, 3.05) is 26.9 Å². The molecule has 29 heavy (non-hydrogen) atoms. The summed E-state index contributed by atoms with van der Waals surface area (Å²) >= 11 is 0. The number of rotatable bonds is 7. The fourth-order valence-electron chi connectivity index (χ4n) is 4.02. The number of methoxy groups -OCH3 is 1. The SMILES string of the molecule is C=CCOC(=O)N1C(COC(C)=O)Cc2cc(C)c(OC)c(C)c2C1C(N)CO. The van der Waals surface area contributed by atoms with E-state index in [1.807, 2.05) is 19.9 Å². The predicted octanol–water partition coefficient (Wildman–Crippen LogP) is 1.79. The topological polar surface area (TPSA) is 111 Å². The Balaban J connectivity index is 2.63. The average Bonchev–Trinajstić information content (AvgIpc) is 2.68. The Morgan fingerprint density at radius 2 is 2.10 bits per heavy atom. The largest absolute Gasteiger partial charge is 0.496 e. The summed E-state index contributed by atoms with van der Waals surface area (Å²) in [6, 6.07) is 0.0664. The Morgan fingerprint density at radius 1 is 1.41 bits per heavy atom. The molecule has 1 aromatic rings. The second-order valence-electron chi connectivity index (χ2n) is 7.15. The smallest absolute Gasteiger partial charge is 0.411 e. The predicted molar refractivity (Wildman–Crippen MR) is 108 cm³/mol. The molecule has 3 unspecified atom stereocenters. The van der Waals surface area contributed by atoms with Gasteiger partial charge in [0.25, 0.3) is 0 Å². The number of aryl methyl sites for hydroxylation is 1. The third kappa shape index (κ3) is 4.71. The number of nitrogens with zero attached hydrogens (tertiary/aromatic N) is 1. The molecule has 3 N–H and O–H groups in total. The number of hydrogen-bond acceptors (Lipinski definition) is 7. The minimum absolute atomic E-state index is 0.00324. The lowest BCUT2D eigenvalue weighted by Crippen LogP contribution is -2.55. The van der Waals surface area contributed by atoms with Crippen LogP contribution in [0.4, 0.5) is 4.79 Å². The molecule has 0 saturated heterocycles. The average molecular weight is 406 g/mol. The van der Waals surface area contributed by atoms with Crippen LogP contribution in [-0.2, 0) is 20.7 Å². The van der Waals surface area contributed by atoms with Crippen LogP contribution in [-0.4, -0.2) is 61.1 Å². The van der Waals surface area contributed by atoms with Gasteiger partial charge in [0.1, 0.15) is 19.0 Å². The van der Waals surface area contributed by atoms with Crippen molar-refractivity contribution in [2.45, 2.75) is 45.3 Å². The van der Waals surface area contributed by atoms with Gasteiger partial charge in [-0.1, -0.05) is 18.7 Å². The number of fused-ring (bicyclic) bond motifs is 1. The first-order valence-corrected chi connectivity index (χ1v) is 9.49. The van der Waals surface area contributed by atoms with Gasteiger partial charge >= 0.3 is 12.1 Å². The zero-order chi connectivity index (χ0) is 21.7. The third-order valence-corrected chi connectivity index (χ3v) is 5.12. The van der Waals surface area contributed by atoms with Crippen molar-refractivity contribution in [1.29, 1.82) is 0 Å². The molecule has 1 amide bonds. The lowest BCUT2D eigenvalue weighted by atomic mass is 9.81. The first kappa shape index (κ1) is 22.7. The summed E-state index contributed by atoms with van der Waals surface area (Å²) in [4.78, 5) is 25.8. The molecule has 0 fully saturated rings. The van der Waals surface area contributed by atoms with Crippen LogP contribution in [0.25, 0.3) is 0 Å². The van der Waals surface area contributed by atoms with Crippen molar-refractivity contribution >= 4 is 12.1 Å². The Kier molecular flexibility index (Phi) is 7.64. The first-order chi connectivity index (χ1) is 13.8. The van der Waals surface area contributed by atoms with E-state index in [4.69, 9.17) is 19.9 Å². The van der Waals surface area contributed by atoms with Crippen LogP contribution in [0.15, 0.2) is 18.7 Å². The number of aliphatic hydroxyl groups excluding tert-OH is 1. The van der Waals surface area contributed by atoms with Crippen LogP contribution >= 0.6 is 0 Å². The van der Waals surface area contributed by atoms with Crippen molar-refractivity contribution in [3.63, 3.8) is 0 Å². The van der Waals surface area contributed by atoms with E-state index in [1.54, 1.807) is 7.11 Å². The molecule has 1 heterocycles. The molecular formula is C21H30N2O6. The summed E-state index contributed by atoms with van der Waals surface area (Å²) < 4.78 is 16.0. The minimum Gasteiger partial charge on any atom is -0.496 e. The fourth-order valence-corrected chi connectivity index (χ4v) is 4.02. The highest BCUT2D eigenvalue weighted by Gasteiger charge is 2.43. The number of aliphatic hydroxyl groups is 1. The van der Waals surface area contributed by atoms with Gasteiger partial charge in [0.2, 0.25) is 0 Å². The molecular weight excluding hydrogens is 376 g/mol. The molecule has 160 valence electrons. The van der Waals surface area contributed by atoms with Gasteiger partial charge in [0.05, 0.1) is 31.8 Å². The minimum atomic E-state index is -0.767. The maximum atomic E-state index is 12.9.